The van der Waals surface area contributed by atoms with Gasteiger partial charge in [0.1, 0.15) is 12.4 Å². The van der Waals surface area contributed by atoms with Gasteiger partial charge in [-0.05, 0) is 39.7 Å². The van der Waals surface area contributed by atoms with E-state index < -0.39 is 0 Å². The molecule has 0 atom stereocenters. The standard InChI is InChI=1S/C18H14N4O/c1-2-6-15-11-17(9-8-14(15)5-1)23-12-13-4-3-7-16(10-13)18-19-21-22-20-18/h1-11H,12H2,(H,19,20,21,22). The summed E-state index contributed by atoms with van der Waals surface area (Å²) in [6.07, 6.45) is 0. The van der Waals surface area contributed by atoms with Crippen LogP contribution < -0.4 is 4.74 Å². The predicted molar refractivity (Wildman–Crippen MR) is 87.9 cm³/mol. The van der Waals surface area contributed by atoms with Crippen LogP contribution in [0.15, 0.2) is 66.7 Å². The minimum Gasteiger partial charge on any atom is -0.489 e. The van der Waals surface area contributed by atoms with Crippen molar-refractivity contribution in [3.05, 3.63) is 72.3 Å². The lowest BCUT2D eigenvalue weighted by Gasteiger charge is -2.08. The van der Waals surface area contributed by atoms with Gasteiger partial charge in [0.2, 0.25) is 5.82 Å². The second kappa shape index (κ2) is 5.88. The van der Waals surface area contributed by atoms with E-state index in [2.05, 4.69) is 44.9 Å². The molecule has 3 aromatic carbocycles. The summed E-state index contributed by atoms with van der Waals surface area (Å²) in [6.45, 7) is 0.490. The molecule has 0 bridgehead atoms. The molecule has 0 fully saturated rings. The summed E-state index contributed by atoms with van der Waals surface area (Å²) < 4.78 is 5.91. The lowest BCUT2D eigenvalue weighted by atomic mass is 10.1. The van der Waals surface area contributed by atoms with Gasteiger partial charge in [-0.15, -0.1) is 10.2 Å². The Kier molecular flexibility index (Phi) is 3.44. The third-order valence-electron chi connectivity index (χ3n) is 3.66. The summed E-state index contributed by atoms with van der Waals surface area (Å²) in [6, 6.07) is 22.3. The van der Waals surface area contributed by atoms with Crippen LogP contribution in [0, 0.1) is 0 Å². The van der Waals surface area contributed by atoms with Crippen LogP contribution in [-0.2, 0) is 6.61 Å². The topological polar surface area (TPSA) is 63.7 Å². The van der Waals surface area contributed by atoms with E-state index in [4.69, 9.17) is 4.74 Å². The van der Waals surface area contributed by atoms with Crippen LogP contribution >= 0.6 is 0 Å². The molecule has 0 saturated heterocycles. The molecule has 5 heteroatoms. The number of H-pyrrole nitrogens is 1. The molecule has 0 radical (unpaired) electrons. The minimum atomic E-state index is 0.490. The predicted octanol–water partition coefficient (Wildman–Crippen LogP) is 3.60. The molecule has 5 nitrogen and oxygen atoms in total. The van der Waals surface area contributed by atoms with E-state index in [0.29, 0.717) is 12.4 Å². The molecule has 4 rings (SSSR count). The quantitative estimate of drug-likeness (QED) is 0.625. The molecule has 0 saturated carbocycles. The number of aromatic amines is 1. The van der Waals surface area contributed by atoms with E-state index >= 15 is 0 Å². The third-order valence-corrected chi connectivity index (χ3v) is 3.66. The summed E-state index contributed by atoms with van der Waals surface area (Å²) in [7, 11) is 0. The first-order valence-electron chi connectivity index (χ1n) is 7.33. The van der Waals surface area contributed by atoms with Gasteiger partial charge in [0.15, 0.2) is 0 Å². The number of hydrogen-bond acceptors (Lipinski definition) is 4. The summed E-state index contributed by atoms with van der Waals surface area (Å²) >= 11 is 0. The molecular formula is C18H14N4O. The van der Waals surface area contributed by atoms with E-state index in [0.717, 1.165) is 16.9 Å². The van der Waals surface area contributed by atoms with E-state index in [1.165, 1.54) is 10.8 Å². The zero-order valence-corrected chi connectivity index (χ0v) is 12.3. The molecule has 23 heavy (non-hydrogen) atoms. The fourth-order valence-corrected chi connectivity index (χ4v) is 2.51. The molecule has 0 aliphatic heterocycles. The molecule has 0 unspecified atom stereocenters. The molecule has 112 valence electrons. The number of aromatic nitrogens is 4. The van der Waals surface area contributed by atoms with E-state index in [1.807, 2.05) is 42.5 Å². The molecule has 1 heterocycles. The number of benzene rings is 3. The Morgan fingerprint density at radius 3 is 2.65 bits per heavy atom. The van der Waals surface area contributed by atoms with Crippen molar-refractivity contribution in [2.24, 2.45) is 0 Å². The normalized spacial score (nSPS) is 10.8. The van der Waals surface area contributed by atoms with E-state index in [9.17, 15) is 0 Å². The highest BCUT2D eigenvalue weighted by Gasteiger charge is 2.04. The van der Waals surface area contributed by atoms with E-state index in [-0.39, 0.29) is 0 Å². The number of rotatable bonds is 4. The summed E-state index contributed by atoms with van der Waals surface area (Å²) in [4.78, 5) is 0. The molecule has 0 amide bonds. The molecule has 1 N–H and O–H groups in total. The SMILES string of the molecule is c1cc(COc2ccc3ccccc3c2)cc(-c2nn[nH]n2)c1. The zero-order valence-electron chi connectivity index (χ0n) is 12.3. The highest BCUT2D eigenvalue weighted by atomic mass is 16.5. The van der Waals surface area contributed by atoms with Crippen molar-refractivity contribution < 1.29 is 4.74 Å². The molecule has 0 aliphatic rings. The fraction of sp³-hybridized carbons (Fsp3) is 0.0556. The van der Waals surface area contributed by atoms with Gasteiger partial charge >= 0.3 is 0 Å². The van der Waals surface area contributed by atoms with Crippen molar-refractivity contribution in [3.63, 3.8) is 0 Å². The number of ether oxygens (including phenoxy) is 1. The Morgan fingerprint density at radius 2 is 1.78 bits per heavy atom. The Labute approximate surface area is 132 Å². The van der Waals surface area contributed by atoms with Crippen molar-refractivity contribution >= 4 is 10.8 Å². The molecule has 0 spiro atoms. The van der Waals surface area contributed by atoms with Crippen LogP contribution in [-0.4, -0.2) is 20.6 Å². The summed E-state index contributed by atoms with van der Waals surface area (Å²) in [5.74, 6) is 1.44. The maximum Gasteiger partial charge on any atom is 0.204 e. The van der Waals surface area contributed by atoms with Crippen LogP contribution in [0.3, 0.4) is 0 Å². The van der Waals surface area contributed by atoms with Crippen molar-refractivity contribution in [1.82, 2.24) is 20.6 Å². The number of nitrogens with zero attached hydrogens (tertiary/aromatic N) is 3. The number of nitrogens with one attached hydrogen (secondary N) is 1. The Morgan fingerprint density at radius 1 is 0.870 bits per heavy atom. The molecule has 0 aliphatic carbocycles. The highest BCUT2D eigenvalue weighted by molar-refractivity contribution is 5.83. The average Bonchev–Trinajstić information content (AvgIpc) is 3.15. The second-order valence-corrected chi connectivity index (χ2v) is 5.23. The summed E-state index contributed by atoms with van der Waals surface area (Å²) in [5.41, 5.74) is 1.97. The summed E-state index contributed by atoms with van der Waals surface area (Å²) in [5, 5.41) is 16.4. The lowest BCUT2D eigenvalue weighted by Crippen LogP contribution is -1.96. The van der Waals surface area contributed by atoms with Crippen LogP contribution in [0.1, 0.15) is 5.56 Å². The Balaban J connectivity index is 1.53. The monoisotopic (exact) mass is 302 g/mol. The van der Waals surface area contributed by atoms with Gasteiger partial charge < -0.3 is 4.74 Å². The van der Waals surface area contributed by atoms with Crippen LogP contribution in [0.25, 0.3) is 22.2 Å². The van der Waals surface area contributed by atoms with Crippen molar-refractivity contribution in [1.29, 1.82) is 0 Å². The largest absolute Gasteiger partial charge is 0.489 e. The van der Waals surface area contributed by atoms with Crippen molar-refractivity contribution in [2.75, 3.05) is 0 Å². The Bertz CT molecular complexity index is 935. The fourth-order valence-electron chi connectivity index (χ4n) is 2.51. The van der Waals surface area contributed by atoms with Gasteiger partial charge in [-0.2, -0.15) is 5.21 Å². The first-order valence-corrected chi connectivity index (χ1v) is 7.33. The second-order valence-electron chi connectivity index (χ2n) is 5.23. The smallest absolute Gasteiger partial charge is 0.204 e. The molecular weight excluding hydrogens is 288 g/mol. The number of hydrogen-bond donors (Lipinski definition) is 1. The molecule has 1 aromatic heterocycles. The molecule has 4 aromatic rings. The Hall–Kier alpha value is -3.21. The van der Waals surface area contributed by atoms with Crippen LogP contribution in [0.2, 0.25) is 0 Å². The average molecular weight is 302 g/mol. The number of fused-ring (bicyclic) bond motifs is 1. The van der Waals surface area contributed by atoms with E-state index in [1.54, 1.807) is 0 Å². The maximum atomic E-state index is 5.91. The number of tetrazole rings is 1. The third kappa shape index (κ3) is 2.89. The highest BCUT2D eigenvalue weighted by Crippen LogP contribution is 2.22. The zero-order chi connectivity index (χ0) is 15.5. The van der Waals surface area contributed by atoms with Gasteiger partial charge in [0.25, 0.3) is 0 Å². The lowest BCUT2D eigenvalue weighted by molar-refractivity contribution is 0.306. The van der Waals surface area contributed by atoms with Gasteiger partial charge in [0, 0.05) is 5.56 Å². The van der Waals surface area contributed by atoms with Gasteiger partial charge in [-0.25, -0.2) is 0 Å². The van der Waals surface area contributed by atoms with Crippen molar-refractivity contribution in [2.45, 2.75) is 6.61 Å². The van der Waals surface area contributed by atoms with Crippen LogP contribution in [0.4, 0.5) is 0 Å². The first-order chi connectivity index (χ1) is 11.4. The van der Waals surface area contributed by atoms with Crippen LogP contribution in [0.5, 0.6) is 5.75 Å². The van der Waals surface area contributed by atoms with Gasteiger partial charge in [-0.1, -0.05) is 48.5 Å². The maximum absolute atomic E-state index is 5.91. The van der Waals surface area contributed by atoms with Gasteiger partial charge in [0.05, 0.1) is 0 Å². The van der Waals surface area contributed by atoms with Gasteiger partial charge in [-0.3, -0.25) is 0 Å². The first kappa shape index (κ1) is 13.5. The van der Waals surface area contributed by atoms with Crippen molar-refractivity contribution in [3.8, 4) is 17.1 Å². The minimum absolute atomic E-state index is 0.490.